The van der Waals surface area contributed by atoms with Crippen molar-refractivity contribution in [3.63, 3.8) is 0 Å². The Bertz CT molecular complexity index is 193. The van der Waals surface area contributed by atoms with Crippen LogP contribution in [0, 0.1) is 0 Å². The van der Waals surface area contributed by atoms with Crippen molar-refractivity contribution in [3.05, 3.63) is 0 Å². The second-order valence-electron chi connectivity index (χ2n) is 3.57. The molecule has 1 saturated carbocycles. The molecule has 3 heterocycles. The minimum Gasteiger partial charge on any atom is -0.0766 e. The maximum atomic E-state index is 2.15. The fourth-order valence-electron chi connectivity index (χ4n) is 2.12. The van der Waals surface area contributed by atoms with Gasteiger partial charge in [-0.3, -0.25) is 0 Å². The number of hydrogen-bond donors (Lipinski definition) is 0. The van der Waals surface area contributed by atoms with Crippen molar-refractivity contribution in [2.75, 3.05) is 0 Å². The average molecular weight is 367 g/mol. The molecular formula is C6H6S9. The molecule has 4 aliphatic rings. The van der Waals surface area contributed by atoms with Crippen LogP contribution in [0.3, 0.4) is 0 Å². The molecule has 1 aliphatic carbocycles. The smallest absolute Gasteiger partial charge is 0.0437 e. The van der Waals surface area contributed by atoms with E-state index < -0.39 is 0 Å². The largest absolute Gasteiger partial charge is 0.0766 e. The third-order valence-corrected chi connectivity index (χ3v) is 18.9. The third kappa shape index (κ3) is 1.93. The summed E-state index contributed by atoms with van der Waals surface area (Å²) in [4.78, 5) is 0. The first kappa shape index (κ1) is 11.9. The maximum absolute atomic E-state index is 2.15. The summed E-state index contributed by atoms with van der Waals surface area (Å²) in [5.74, 6) is 0. The first-order valence-corrected chi connectivity index (χ1v) is 15.2. The maximum Gasteiger partial charge on any atom is 0.0437 e. The van der Waals surface area contributed by atoms with Gasteiger partial charge in [0.15, 0.2) is 0 Å². The van der Waals surface area contributed by atoms with Crippen molar-refractivity contribution in [2.45, 2.75) is 31.5 Å². The lowest BCUT2D eigenvalue weighted by molar-refractivity contribution is 0.589. The molecule has 3 aliphatic heterocycles. The Labute approximate surface area is 124 Å². The summed E-state index contributed by atoms with van der Waals surface area (Å²) in [7, 11) is 19.1. The summed E-state index contributed by atoms with van der Waals surface area (Å²) in [6, 6.07) is 0. The van der Waals surface area contributed by atoms with Crippen LogP contribution in [0.25, 0.3) is 0 Å². The van der Waals surface area contributed by atoms with Crippen LogP contribution >= 0.6 is 94.2 Å². The van der Waals surface area contributed by atoms with E-state index in [0.717, 1.165) is 31.5 Å². The molecule has 0 unspecified atom stereocenters. The first-order chi connectivity index (χ1) is 7.45. The van der Waals surface area contributed by atoms with Gasteiger partial charge in [-0.05, 0) is 29.5 Å². The fourth-order valence-corrected chi connectivity index (χ4v) is 23.7. The molecule has 0 aromatic carbocycles. The first-order valence-electron chi connectivity index (χ1n) is 4.41. The predicted molar refractivity (Wildman–Crippen MR) is 91.0 cm³/mol. The van der Waals surface area contributed by atoms with Gasteiger partial charge in [-0.15, -0.1) is 0 Å². The van der Waals surface area contributed by atoms with E-state index in [0.29, 0.717) is 0 Å². The van der Waals surface area contributed by atoms with Gasteiger partial charge in [-0.2, -0.15) is 0 Å². The molecule has 0 N–H and O–H groups in total. The molecule has 0 atom stereocenters. The van der Waals surface area contributed by atoms with Crippen LogP contribution < -0.4 is 0 Å². The third-order valence-electron chi connectivity index (χ3n) is 2.85. The highest BCUT2D eigenvalue weighted by Crippen LogP contribution is 2.72. The monoisotopic (exact) mass is 366 g/mol. The summed E-state index contributed by atoms with van der Waals surface area (Å²) in [5, 5.41) is 5.45. The quantitative estimate of drug-likeness (QED) is 0.516. The molecule has 4 fully saturated rings. The molecule has 0 aromatic heterocycles. The Morgan fingerprint density at radius 3 is 0.733 bits per heavy atom. The molecule has 0 amide bonds. The molecule has 84 valence electrons. The summed E-state index contributed by atoms with van der Waals surface area (Å²) in [5.41, 5.74) is 0. The van der Waals surface area contributed by atoms with Gasteiger partial charge < -0.3 is 0 Å². The van der Waals surface area contributed by atoms with E-state index >= 15 is 0 Å². The van der Waals surface area contributed by atoms with E-state index in [1.165, 1.54) is 0 Å². The van der Waals surface area contributed by atoms with Crippen molar-refractivity contribution in [1.82, 2.24) is 0 Å². The van der Waals surface area contributed by atoms with Crippen molar-refractivity contribution in [1.29, 1.82) is 0 Å². The topological polar surface area (TPSA) is 0 Å². The number of fused-ring (bicyclic) bond motifs is 6. The van der Waals surface area contributed by atoms with E-state index in [9.17, 15) is 0 Å². The summed E-state index contributed by atoms with van der Waals surface area (Å²) < 4.78 is 0. The van der Waals surface area contributed by atoms with Gasteiger partial charge >= 0.3 is 0 Å². The lowest BCUT2D eigenvalue weighted by Crippen LogP contribution is -2.52. The van der Waals surface area contributed by atoms with Crippen LogP contribution in [-0.2, 0) is 0 Å². The summed E-state index contributed by atoms with van der Waals surface area (Å²) in [6.07, 6.45) is 0. The van der Waals surface area contributed by atoms with Crippen LogP contribution in [-0.4, -0.2) is 31.5 Å². The van der Waals surface area contributed by atoms with Crippen molar-refractivity contribution in [2.24, 2.45) is 0 Å². The van der Waals surface area contributed by atoms with E-state index in [1.807, 2.05) is 29.5 Å². The highest BCUT2D eigenvalue weighted by molar-refractivity contribution is 9.13. The normalized spacial score (nSPS) is 57.6. The number of hydrogen-bond acceptors (Lipinski definition) is 9. The van der Waals surface area contributed by atoms with Gasteiger partial charge in [0, 0.05) is 31.5 Å². The molecule has 0 radical (unpaired) electrons. The summed E-state index contributed by atoms with van der Waals surface area (Å²) >= 11 is 0. The zero-order chi connectivity index (χ0) is 9.83. The Balaban J connectivity index is 1.70. The molecule has 9 heteroatoms. The molecule has 4 rings (SSSR count). The van der Waals surface area contributed by atoms with Crippen LogP contribution in [0.5, 0.6) is 0 Å². The van der Waals surface area contributed by atoms with Gasteiger partial charge in [0.2, 0.25) is 0 Å². The van der Waals surface area contributed by atoms with Gasteiger partial charge in [-0.1, -0.05) is 64.8 Å². The molecular weight excluding hydrogens is 361 g/mol. The molecule has 0 aromatic rings. The zero-order valence-corrected chi connectivity index (χ0v) is 14.5. The second kappa shape index (κ2) is 4.92. The van der Waals surface area contributed by atoms with Gasteiger partial charge in [-0.25, -0.2) is 0 Å². The molecule has 0 bridgehead atoms. The van der Waals surface area contributed by atoms with Gasteiger partial charge in [0.1, 0.15) is 0 Å². The zero-order valence-electron chi connectivity index (χ0n) is 7.14. The second-order valence-corrected chi connectivity index (χ2v) is 16.8. The lowest BCUT2D eigenvalue weighted by atomic mass is 9.97. The molecule has 15 heavy (non-hydrogen) atoms. The molecule has 3 saturated heterocycles. The van der Waals surface area contributed by atoms with Crippen LogP contribution in [0.15, 0.2) is 0 Å². The van der Waals surface area contributed by atoms with E-state index in [4.69, 9.17) is 0 Å². The van der Waals surface area contributed by atoms with Gasteiger partial charge in [0.05, 0.1) is 0 Å². The van der Waals surface area contributed by atoms with Crippen molar-refractivity contribution in [3.8, 4) is 0 Å². The summed E-state index contributed by atoms with van der Waals surface area (Å²) in [6.45, 7) is 0. The minimum atomic E-state index is 0.908. The Hall–Kier alpha value is 3.15. The Kier molecular flexibility index (Phi) is 3.91. The van der Waals surface area contributed by atoms with Crippen LogP contribution in [0.2, 0.25) is 0 Å². The van der Waals surface area contributed by atoms with E-state index in [-0.39, 0.29) is 0 Å². The van der Waals surface area contributed by atoms with Crippen molar-refractivity contribution >= 4 is 94.2 Å². The minimum absolute atomic E-state index is 0.908. The van der Waals surface area contributed by atoms with E-state index in [1.54, 1.807) is 0 Å². The van der Waals surface area contributed by atoms with Crippen molar-refractivity contribution < 1.29 is 0 Å². The van der Waals surface area contributed by atoms with Gasteiger partial charge in [0.25, 0.3) is 0 Å². The highest BCUT2D eigenvalue weighted by atomic mass is 33.5. The highest BCUT2D eigenvalue weighted by Gasteiger charge is 2.58. The fraction of sp³-hybridized carbons (Fsp3) is 1.00. The average Bonchev–Trinajstić information content (AvgIpc) is 2.97. The Morgan fingerprint density at radius 2 is 0.533 bits per heavy atom. The Morgan fingerprint density at radius 1 is 0.333 bits per heavy atom. The standard InChI is InChI=1S/C6H6S9/c7-1-2(8-13-7)4-6(12-15-11-4)5-3(1)9-14-10-5/h1-6H. The van der Waals surface area contributed by atoms with Crippen LogP contribution in [0.4, 0.5) is 0 Å². The predicted octanol–water partition coefficient (Wildman–Crippen LogP) is 5.34. The number of rotatable bonds is 0. The molecule has 0 spiro atoms. The van der Waals surface area contributed by atoms with E-state index in [2.05, 4.69) is 64.8 Å². The SMILES string of the molecule is S1SC2C3SSSC3C3SSSC3C2S1. The lowest BCUT2D eigenvalue weighted by Gasteiger charge is -2.39. The molecule has 0 nitrogen and oxygen atoms in total. The van der Waals surface area contributed by atoms with Crippen LogP contribution in [0.1, 0.15) is 0 Å².